The summed E-state index contributed by atoms with van der Waals surface area (Å²) in [5.74, 6) is 0.269. The predicted octanol–water partition coefficient (Wildman–Crippen LogP) is 2.92. The lowest BCUT2D eigenvalue weighted by molar-refractivity contribution is -0.118. The first-order valence-electron chi connectivity index (χ1n) is 7.90. The van der Waals surface area contributed by atoms with Crippen LogP contribution in [0.25, 0.3) is 0 Å². The number of rotatable bonds is 7. The van der Waals surface area contributed by atoms with Crippen molar-refractivity contribution in [3.63, 3.8) is 0 Å². The van der Waals surface area contributed by atoms with E-state index in [0.29, 0.717) is 24.9 Å². The molecule has 6 heteroatoms. The van der Waals surface area contributed by atoms with Crippen molar-refractivity contribution in [2.45, 2.75) is 46.0 Å². The lowest BCUT2D eigenvalue weighted by Crippen LogP contribution is -2.35. The van der Waals surface area contributed by atoms with E-state index in [1.165, 1.54) is 0 Å². The molecule has 0 atom stereocenters. The van der Waals surface area contributed by atoms with Crippen molar-refractivity contribution in [1.82, 2.24) is 0 Å². The lowest BCUT2D eigenvalue weighted by Gasteiger charge is -2.29. The van der Waals surface area contributed by atoms with Gasteiger partial charge in [-0.1, -0.05) is 20.3 Å². The molecule has 0 saturated heterocycles. The van der Waals surface area contributed by atoms with Crippen LogP contribution < -0.4 is 9.62 Å². The molecule has 22 heavy (non-hydrogen) atoms. The van der Waals surface area contributed by atoms with Crippen LogP contribution in [-0.4, -0.2) is 26.6 Å². The van der Waals surface area contributed by atoms with Crippen LogP contribution in [0.3, 0.4) is 0 Å². The van der Waals surface area contributed by atoms with Gasteiger partial charge in [0, 0.05) is 24.3 Å². The number of nitrogens with zero attached hydrogens (tertiary/aromatic N) is 1. The molecule has 0 unspecified atom stereocenters. The fourth-order valence-corrected chi connectivity index (χ4v) is 3.81. The smallest absolute Gasteiger partial charge is 0.232 e. The van der Waals surface area contributed by atoms with Crippen LogP contribution in [0.4, 0.5) is 11.4 Å². The molecule has 0 aliphatic carbocycles. The zero-order valence-corrected chi connectivity index (χ0v) is 14.1. The number of carbonyl (C=O) groups is 1. The number of amides is 1. The Morgan fingerprint density at radius 3 is 2.64 bits per heavy atom. The summed E-state index contributed by atoms with van der Waals surface area (Å²) < 4.78 is 26.3. The molecular formula is C16H24N2O3S. The summed E-state index contributed by atoms with van der Waals surface area (Å²) in [5, 5.41) is 0. The predicted molar refractivity (Wildman–Crippen MR) is 89.7 cm³/mol. The third kappa shape index (κ3) is 4.00. The fraction of sp³-hybridized carbons (Fsp3) is 0.562. The van der Waals surface area contributed by atoms with Crippen LogP contribution in [-0.2, 0) is 21.2 Å². The minimum Gasteiger partial charge on any atom is -0.312 e. The first-order valence-corrected chi connectivity index (χ1v) is 9.56. The van der Waals surface area contributed by atoms with Gasteiger partial charge in [0.05, 0.1) is 5.75 Å². The van der Waals surface area contributed by atoms with Gasteiger partial charge in [0.15, 0.2) is 0 Å². The maximum Gasteiger partial charge on any atom is 0.232 e. The summed E-state index contributed by atoms with van der Waals surface area (Å²) in [5.41, 5.74) is 2.53. The second-order valence-corrected chi connectivity index (χ2v) is 7.51. The number of aryl methyl sites for hydroxylation is 1. The van der Waals surface area contributed by atoms with Crippen LogP contribution >= 0.6 is 0 Å². The Labute approximate surface area is 132 Å². The van der Waals surface area contributed by atoms with Gasteiger partial charge in [-0.25, -0.2) is 8.42 Å². The van der Waals surface area contributed by atoms with E-state index in [4.69, 9.17) is 0 Å². The van der Waals surface area contributed by atoms with Gasteiger partial charge in [0.2, 0.25) is 15.9 Å². The van der Waals surface area contributed by atoms with Gasteiger partial charge >= 0.3 is 0 Å². The van der Waals surface area contributed by atoms with Gasteiger partial charge in [-0.05, 0) is 43.0 Å². The minimum atomic E-state index is -3.28. The number of carbonyl (C=O) groups excluding carboxylic acids is 1. The third-order valence-electron chi connectivity index (χ3n) is 3.76. The van der Waals surface area contributed by atoms with E-state index in [2.05, 4.69) is 11.6 Å². The molecular weight excluding hydrogens is 300 g/mol. The van der Waals surface area contributed by atoms with Gasteiger partial charge in [-0.3, -0.25) is 9.52 Å². The average molecular weight is 324 g/mol. The van der Waals surface area contributed by atoms with Gasteiger partial charge in [0.25, 0.3) is 0 Å². The van der Waals surface area contributed by atoms with Gasteiger partial charge in [-0.2, -0.15) is 0 Å². The maximum absolute atomic E-state index is 12.1. The van der Waals surface area contributed by atoms with Gasteiger partial charge < -0.3 is 4.90 Å². The molecule has 1 aliphatic heterocycles. The number of anilines is 2. The Morgan fingerprint density at radius 2 is 1.95 bits per heavy atom. The summed E-state index contributed by atoms with van der Waals surface area (Å²) in [4.78, 5) is 13.9. The molecule has 1 heterocycles. The lowest BCUT2D eigenvalue weighted by atomic mass is 10.00. The molecule has 1 N–H and O–H groups in total. The summed E-state index contributed by atoms with van der Waals surface area (Å²) in [6.07, 6.45) is 3.74. The summed E-state index contributed by atoms with van der Waals surface area (Å²) in [6.45, 7) is 4.66. The highest BCUT2D eigenvalue weighted by atomic mass is 32.2. The molecule has 5 nitrogen and oxygen atoms in total. The van der Waals surface area contributed by atoms with E-state index < -0.39 is 10.0 Å². The summed E-state index contributed by atoms with van der Waals surface area (Å²) in [7, 11) is -3.28. The molecule has 0 radical (unpaired) electrons. The normalized spacial score (nSPS) is 14.8. The van der Waals surface area contributed by atoms with Gasteiger partial charge in [0.1, 0.15) is 0 Å². The number of hydrogen-bond donors (Lipinski definition) is 1. The minimum absolute atomic E-state index is 0.116. The van der Waals surface area contributed by atoms with Crippen molar-refractivity contribution in [2.75, 3.05) is 21.9 Å². The fourth-order valence-electron chi connectivity index (χ4n) is 2.68. The Hall–Kier alpha value is -1.56. The number of nitrogens with one attached hydrogen (secondary N) is 1. The van der Waals surface area contributed by atoms with E-state index in [-0.39, 0.29) is 11.7 Å². The first kappa shape index (κ1) is 16.8. The van der Waals surface area contributed by atoms with Crippen LogP contribution in [0, 0.1) is 0 Å². The van der Waals surface area contributed by atoms with E-state index >= 15 is 0 Å². The molecule has 0 saturated carbocycles. The van der Waals surface area contributed by atoms with Gasteiger partial charge in [-0.15, -0.1) is 0 Å². The molecule has 1 aromatic rings. The Bertz CT molecular complexity index is 641. The highest BCUT2D eigenvalue weighted by Gasteiger charge is 2.24. The Balaban J connectivity index is 2.22. The first-order chi connectivity index (χ1) is 10.5. The summed E-state index contributed by atoms with van der Waals surface area (Å²) >= 11 is 0. The highest BCUT2D eigenvalue weighted by Crippen LogP contribution is 2.30. The molecule has 0 bridgehead atoms. The third-order valence-corrected chi connectivity index (χ3v) is 5.25. The van der Waals surface area contributed by atoms with E-state index in [9.17, 15) is 13.2 Å². The zero-order valence-electron chi connectivity index (χ0n) is 13.3. The molecule has 122 valence electrons. The molecule has 0 aromatic heterocycles. The largest absolute Gasteiger partial charge is 0.312 e. The van der Waals surface area contributed by atoms with E-state index in [1.54, 1.807) is 6.07 Å². The van der Waals surface area contributed by atoms with Crippen LogP contribution in [0.1, 0.15) is 45.1 Å². The SMILES string of the molecule is CCCCN1C(=O)CCc2cc(NS(=O)(=O)CCC)ccc21. The molecule has 2 rings (SSSR count). The number of sulfonamides is 1. The van der Waals surface area contributed by atoms with Crippen molar-refractivity contribution < 1.29 is 13.2 Å². The molecule has 1 aromatic carbocycles. The van der Waals surface area contributed by atoms with E-state index in [0.717, 1.165) is 30.6 Å². The molecule has 0 fully saturated rings. The second kappa shape index (κ2) is 7.13. The molecule has 0 spiro atoms. The second-order valence-electron chi connectivity index (χ2n) is 5.66. The molecule has 1 aliphatic rings. The Kier molecular flexibility index (Phi) is 5.45. The van der Waals surface area contributed by atoms with Crippen molar-refractivity contribution >= 4 is 27.3 Å². The van der Waals surface area contributed by atoms with Crippen LogP contribution in [0.15, 0.2) is 18.2 Å². The van der Waals surface area contributed by atoms with Crippen molar-refractivity contribution in [1.29, 1.82) is 0 Å². The zero-order chi connectivity index (χ0) is 16.2. The monoisotopic (exact) mass is 324 g/mol. The summed E-state index contributed by atoms with van der Waals surface area (Å²) in [6, 6.07) is 5.45. The van der Waals surface area contributed by atoms with Crippen molar-refractivity contribution in [3.8, 4) is 0 Å². The van der Waals surface area contributed by atoms with Crippen LogP contribution in [0.5, 0.6) is 0 Å². The number of benzene rings is 1. The maximum atomic E-state index is 12.1. The van der Waals surface area contributed by atoms with E-state index in [1.807, 2.05) is 24.0 Å². The number of fused-ring (bicyclic) bond motifs is 1. The standard InChI is InChI=1S/C16H24N2O3S/c1-3-5-10-18-15-8-7-14(17-22(20,21)11-4-2)12-13(15)6-9-16(18)19/h7-8,12,17H,3-6,9-11H2,1-2H3. The van der Waals surface area contributed by atoms with Crippen molar-refractivity contribution in [2.24, 2.45) is 0 Å². The Morgan fingerprint density at radius 1 is 1.18 bits per heavy atom. The highest BCUT2D eigenvalue weighted by molar-refractivity contribution is 7.92. The van der Waals surface area contributed by atoms with Crippen LogP contribution in [0.2, 0.25) is 0 Å². The number of unbranched alkanes of at least 4 members (excludes halogenated alkanes) is 1. The van der Waals surface area contributed by atoms with Crippen molar-refractivity contribution in [3.05, 3.63) is 23.8 Å². The average Bonchev–Trinajstić information content (AvgIpc) is 2.46. The topological polar surface area (TPSA) is 66.5 Å². The number of hydrogen-bond acceptors (Lipinski definition) is 3. The quantitative estimate of drug-likeness (QED) is 0.838. The molecule has 1 amide bonds.